The van der Waals surface area contributed by atoms with E-state index in [1.54, 1.807) is 6.08 Å². The van der Waals surface area contributed by atoms with E-state index in [9.17, 15) is 9.59 Å². The normalized spacial score (nSPS) is 11.4. The molecule has 1 rings (SSSR count). The van der Waals surface area contributed by atoms with Crippen LogP contribution >= 0.6 is 0 Å². The second kappa shape index (κ2) is 9.53. The quantitative estimate of drug-likeness (QED) is 0.363. The van der Waals surface area contributed by atoms with Crippen LogP contribution in [-0.2, 0) is 14.3 Å². The first-order valence-corrected chi connectivity index (χ1v) is 6.88. The summed E-state index contributed by atoms with van der Waals surface area (Å²) < 4.78 is 4.52. The first-order valence-electron chi connectivity index (χ1n) is 6.88. The van der Waals surface area contributed by atoms with Crippen molar-refractivity contribution in [2.24, 2.45) is 0 Å². The number of hydrogen-bond acceptors (Lipinski definition) is 3. The van der Waals surface area contributed by atoms with Gasteiger partial charge in [-0.3, -0.25) is 9.59 Å². The van der Waals surface area contributed by atoms with E-state index in [4.69, 9.17) is 0 Å². The van der Waals surface area contributed by atoms with Crippen LogP contribution < -0.4 is 5.32 Å². The predicted octanol–water partition coefficient (Wildman–Crippen LogP) is 2.72. The van der Waals surface area contributed by atoms with Crippen LogP contribution in [0.25, 0.3) is 6.08 Å². The Hall–Kier alpha value is -2.36. The number of hydrogen-bond donors (Lipinski definition) is 1. The molecular formula is C17H21NO3. The number of methoxy groups -OCH3 is 1. The van der Waals surface area contributed by atoms with Crippen molar-refractivity contribution in [2.75, 3.05) is 13.7 Å². The first-order chi connectivity index (χ1) is 10.1. The number of carbonyl (C=O) groups excluding carboxylic acids is 2. The molecule has 4 heteroatoms. The molecule has 0 heterocycles. The third-order valence-corrected chi connectivity index (χ3v) is 2.78. The summed E-state index contributed by atoms with van der Waals surface area (Å²) >= 11 is 0. The lowest BCUT2D eigenvalue weighted by Gasteiger charge is -2.01. The van der Waals surface area contributed by atoms with Crippen molar-refractivity contribution in [3.05, 3.63) is 53.6 Å². The van der Waals surface area contributed by atoms with Gasteiger partial charge in [-0.15, -0.1) is 0 Å². The average Bonchev–Trinajstić information content (AvgIpc) is 2.50. The van der Waals surface area contributed by atoms with Crippen LogP contribution in [0.3, 0.4) is 0 Å². The lowest BCUT2D eigenvalue weighted by molar-refractivity contribution is -0.140. The zero-order valence-corrected chi connectivity index (χ0v) is 12.5. The highest BCUT2D eigenvalue weighted by molar-refractivity contribution is 5.88. The number of rotatable bonds is 7. The fraction of sp³-hybridized carbons (Fsp3) is 0.294. The van der Waals surface area contributed by atoms with Gasteiger partial charge in [-0.25, -0.2) is 0 Å². The number of amides is 1. The van der Waals surface area contributed by atoms with Crippen molar-refractivity contribution in [3.8, 4) is 0 Å². The first kappa shape index (κ1) is 16.7. The van der Waals surface area contributed by atoms with E-state index in [1.165, 1.54) is 13.2 Å². The second-order valence-electron chi connectivity index (χ2n) is 4.60. The SMILES string of the molecule is COC(=O)CCCNC(=O)/C=C/C(C)=C/c1ccccc1. The minimum atomic E-state index is -0.263. The fourth-order valence-corrected chi connectivity index (χ4v) is 1.67. The van der Waals surface area contributed by atoms with Crippen LogP contribution in [0, 0.1) is 0 Å². The lowest BCUT2D eigenvalue weighted by atomic mass is 10.1. The Morgan fingerprint density at radius 2 is 1.90 bits per heavy atom. The standard InChI is InChI=1S/C17H21NO3/c1-14(13-15-7-4-3-5-8-15)10-11-16(19)18-12-6-9-17(20)21-2/h3-5,7-8,10-11,13H,6,9,12H2,1-2H3,(H,18,19)/b11-10+,14-13+. The monoisotopic (exact) mass is 287 g/mol. The van der Waals surface area contributed by atoms with Gasteiger partial charge in [-0.2, -0.15) is 0 Å². The average molecular weight is 287 g/mol. The fourth-order valence-electron chi connectivity index (χ4n) is 1.67. The van der Waals surface area contributed by atoms with E-state index >= 15 is 0 Å². The molecular weight excluding hydrogens is 266 g/mol. The number of carbonyl (C=O) groups is 2. The van der Waals surface area contributed by atoms with Gasteiger partial charge in [-0.05, 0) is 18.9 Å². The summed E-state index contributed by atoms with van der Waals surface area (Å²) in [6.45, 7) is 2.40. The third-order valence-electron chi connectivity index (χ3n) is 2.78. The summed E-state index contributed by atoms with van der Waals surface area (Å²) in [5.74, 6) is -0.429. The molecule has 0 atom stereocenters. The predicted molar refractivity (Wildman–Crippen MR) is 83.5 cm³/mol. The molecule has 0 bridgehead atoms. The van der Waals surface area contributed by atoms with Gasteiger partial charge in [0.15, 0.2) is 0 Å². The van der Waals surface area contributed by atoms with Gasteiger partial charge in [-0.1, -0.05) is 48.1 Å². The summed E-state index contributed by atoms with van der Waals surface area (Å²) in [6.07, 6.45) is 6.15. The summed E-state index contributed by atoms with van der Waals surface area (Å²) in [4.78, 5) is 22.5. The molecule has 0 fully saturated rings. The highest BCUT2D eigenvalue weighted by Gasteiger charge is 2.00. The highest BCUT2D eigenvalue weighted by atomic mass is 16.5. The van der Waals surface area contributed by atoms with Crippen LogP contribution in [0.5, 0.6) is 0 Å². The van der Waals surface area contributed by atoms with E-state index in [0.717, 1.165) is 11.1 Å². The summed E-state index contributed by atoms with van der Waals surface area (Å²) in [5, 5.41) is 2.72. The summed E-state index contributed by atoms with van der Waals surface area (Å²) in [6, 6.07) is 9.91. The van der Waals surface area contributed by atoms with Gasteiger partial charge in [0.25, 0.3) is 0 Å². The Morgan fingerprint density at radius 3 is 2.57 bits per heavy atom. The largest absolute Gasteiger partial charge is 0.469 e. The molecule has 0 aromatic heterocycles. The van der Waals surface area contributed by atoms with Crippen molar-refractivity contribution in [1.29, 1.82) is 0 Å². The van der Waals surface area contributed by atoms with Gasteiger partial charge >= 0.3 is 5.97 Å². The molecule has 0 aliphatic rings. The highest BCUT2D eigenvalue weighted by Crippen LogP contribution is 2.06. The topological polar surface area (TPSA) is 55.4 Å². The van der Waals surface area contributed by atoms with Crippen molar-refractivity contribution in [2.45, 2.75) is 19.8 Å². The van der Waals surface area contributed by atoms with Gasteiger partial charge in [0.2, 0.25) is 5.91 Å². The van der Waals surface area contributed by atoms with Gasteiger partial charge < -0.3 is 10.1 Å². The molecule has 0 aliphatic heterocycles. The number of allylic oxidation sites excluding steroid dienone is 2. The molecule has 1 amide bonds. The molecule has 0 saturated heterocycles. The van der Waals surface area contributed by atoms with Crippen LogP contribution in [-0.4, -0.2) is 25.5 Å². The van der Waals surface area contributed by atoms with Crippen molar-refractivity contribution >= 4 is 18.0 Å². The smallest absolute Gasteiger partial charge is 0.305 e. The Morgan fingerprint density at radius 1 is 1.19 bits per heavy atom. The Kier molecular flexibility index (Phi) is 7.58. The van der Waals surface area contributed by atoms with Gasteiger partial charge in [0, 0.05) is 19.0 Å². The zero-order valence-electron chi connectivity index (χ0n) is 12.5. The van der Waals surface area contributed by atoms with E-state index in [2.05, 4.69) is 10.1 Å². The number of esters is 1. The van der Waals surface area contributed by atoms with Gasteiger partial charge in [0.1, 0.15) is 0 Å². The molecule has 1 N–H and O–H groups in total. The van der Waals surface area contributed by atoms with Crippen molar-refractivity contribution in [3.63, 3.8) is 0 Å². The minimum absolute atomic E-state index is 0.166. The van der Waals surface area contributed by atoms with Crippen molar-refractivity contribution in [1.82, 2.24) is 5.32 Å². The van der Waals surface area contributed by atoms with E-state index in [0.29, 0.717) is 19.4 Å². The number of ether oxygens (including phenoxy) is 1. The van der Waals surface area contributed by atoms with Crippen LogP contribution in [0.15, 0.2) is 48.1 Å². The molecule has 1 aromatic rings. The maximum atomic E-state index is 11.6. The summed E-state index contributed by atoms with van der Waals surface area (Å²) in [5.41, 5.74) is 2.09. The lowest BCUT2D eigenvalue weighted by Crippen LogP contribution is -2.22. The zero-order chi connectivity index (χ0) is 15.5. The Bertz CT molecular complexity index is 518. The molecule has 0 radical (unpaired) electrons. The molecule has 0 aliphatic carbocycles. The maximum absolute atomic E-state index is 11.6. The molecule has 4 nitrogen and oxygen atoms in total. The third kappa shape index (κ3) is 7.72. The molecule has 1 aromatic carbocycles. The molecule has 0 spiro atoms. The second-order valence-corrected chi connectivity index (χ2v) is 4.60. The van der Waals surface area contributed by atoms with Crippen LogP contribution in [0.2, 0.25) is 0 Å². The van der Waals surface area contributed by atoms with Crippen molar-refractivity contribution < 1.29 is 14.3 Å². The summed E-state index contributed by atoms with van der Waals surface area (Å²) in [7, 11) is 1.35. The van der Waals surface area contributed by atoms with Gasteiger partial charge in [0.05, 0.1) is 7.11 Å². The molecule has 0 saturated carbocycles. The number of nitrogens with one attached hydrogen (secondary N) is 1. The van der Waals surface area contributed by atoms with Crippen LogP contribution in [0.4, 0.5) is 0 Å². The van der Waals surface area contributed by atoms with E-state index < -0.39 is 0 Å². The minimum Gasteiger partial charge on any atom is -0.469 e. The number of benzene rings is 1. The van der Waals surface area contributed by atoms with E-state index in [-0.39, 0.29) is 11.9 Å². The maximum Gasteiger partial charge on any atom is 0.305 e. The molecule has 21 heavy (non-hydrogen) atoms. The van der Waals surface area contributed by atoms with E-state index in [1.807, 2.05) is 43.3 Å². The Labute approximate surface area is 125 Å². The van der Waals surface area contributed by atoms with Crippen LogP contribution in [0.1, 0.15) is 25.3 Å². The Balaban J connectivity index is 2.33. The molecule has 0 unspecified atom stereocenters. The molecule has 112 valence electrons.